The molecule has 0 saturated heterocycles. The average Bonchev–Trinajstić information content (AvgIpc) is 2.47. The number of nitrogens with zero attached hydrogens (tertiary/aromatic N) is 2. The highest BCUT2D eigenvalue weighted by atomic mass is 32.2. The molecule has 0 spiro atoms. The van der Waals surface area contributed by atoms with Gasteiger partial charge in [0, 0.05) is 0 Å². The minimum Gasteiger partial charge on any atom is -0.292 e. The second-order valence-corrected chi connectivity index (χ2v) is 5.69. The largest absolute Gasteiger partial charge is 0.292 e. The van der Waals surface area contributed by atoms with Gasteiger partial charge >= 0.3 is 0 Å². The van der Waals surface area contributed by atoms with Gasteiger partial charge in [-0.3, -0.25) is 10.1 Å². The molecule has 1 heterocycles. The van der Waals surface area contributed by atoms with E-state index in [9.17, 15) is 8.42 Å². The van der Waals surface area contributed by atoms with Crippen LogP contribution in [-0.4, -0.2) is 18.4 Å². The number of anilines is 2. The van der Waals surface area contributed by atoms with Crippen molar-refractivity contribution in [2.24, 2.45) is 5.84 Å². The molecule has 0 aliphatic carbocycles. The summed E-state index contributed by atoms with van der Waals surface area (Å²) in [4.78, 5) is 7.54. The minimum atomic E-state index is -3.71. The van der Waals surface area contributed by atoms with Crippen molar-refractivity contribution in [3.05, 3.63) is 42.2 Å². The number of aromatic nitrogens is 2. The highest BCUT2D eigenvalue weighted by Gasteiger charge is 2.16. The van der Waals surface area contributed by atoms with E-state index < -0.39 is 10.0 Å². The van der Waals surface area contributed by atoms with E-state index in [1.807, 2.05) is 19.1 Å². The first-order valence-electron chi connectivity index (χ1n) is 5.96. The van der Waals surface area contributed by atoms with E-state index >= 15 is 0 Å². The van der Waals surface area contributed by atoms with Crippen LogP contribution in [0.3, 0.4) is 0 Å². The molecule has 2 aromatic rings. The van der Waals surface area contributed by atoms with Crippen LogP contribution in [0.2, 0.25) is 0 Å². The van der Waals surface area contributed by atoms with Gasteiger partial charge in [0.25, 0.3) is 10.0 Å². The zero-order valence-electron chi connectivity index (χ0n) is 10.9. The summed E-state index contributed by atoms with van der Waals surface area (Å²) < 4.78 is 27.0. The molecule has 1 aromatic heterocycles. The van der Waals surface area contributed by atoms with E-state index in [1.165, 1.54) is 12.4 Å². The van der Waals surface area contributed by atoms with Gasteiger partial charge in [-0.15, -0.1) is 0 Å². The third-order valence-electron chi connectivity index (χ3n) is 2.71. The molecule has 2 rings (SSSR count). The Hall–Kier alpha value is -2.19. The molecule has 0 aliphatic rings. The predicted molar refractivity (Wildman–Crippen MR) is 76.5 cm³/mol. The summed E-state index contributed by atoms with van der Waals surface area (Å²) in [5, 5.41) is 0. The van der Waals surface area contributed by atoms with Crippen LogP contribution in [0.25, 0.3) is 0 Å². The molecule has 0 atom stereocenters. The maximum Gasteiger partial charge on any atom is 0.264 e. The van der Waals surface area contributed by atoms with Crippen LogP contribution < -0.4 is 16.0 Å². The maximum absolute atomic E-state index is 12.2. The molecule has 0 saturated carbocycles. The second kappa shape index (κ2) is 5.85. The lowest BCUT2D eigenvalue weighted by molar-refractivity contribution is 0.600. The zero-order valence-corrected chi connectivity index (χ0v) is 11.7. The van der Waals surface area contributed by atoms with E-state index in [1.54, 1.807) is 12.1 Å². The Kier molecular flexibility index (Phi) is 4.16. The molecule has 1 aromatic carbocycles. The van der Waals surface area contributed by atoms with Crippen molar-refractivity contribution in [1.29, 1.82) is 0 Å². The quantitative estimate of drug-likeness (QED) is 0.563. The number of hydrogen-bond donors (Lipinski definition) is 3. The van der Waals surface area contributed by atoms with Gasteiger partial charge in [0.05, 0.1) is 18.1 Å². The Balaban J connectivity index is 2.30. The van der Waals surface area contributed by atoms with Crippen molar-refractivity contribution in [3.8, 4) is 0 Å². The first kappa shape index (κ1) is 14.2. The molecule has 0 unspecified atom stereocenters. The molecule has 0 fully saturated rings. The van der Waals surface area contributed by atoms with Crippen LogP contribution in [0, 0.1) is 0 Å². The van der Waals surface area contributed by atoms with Crippen LogP contribution in [0.15, 0.2) is 41.6 Å². The Morgan fingerprint density at radius 3 is 2.45 bits per heavy atom. The summed E-state index contributed by atoms with van der Waals surface area (Å²) in [6.45, 7) is 1.96. The van der Waals surface area contributed by atoms with Gasteiger partial charge in [-0.05, 0) is 18.1 Å². The van der Waals surface area contributed by atoms with Crippen molar-refractivity contribution in [2.45, 2.75) is 18.2 Å². The van der Waals surface area contributed by atoms with Crippen molar-refractivity contribution >= 4 is 21.7 Å². The molecule has 4 N–H and O–H groups in total. The van der Waals surface area contributed by atoms with Crippen LogP contribution in [0.1, 0.15) is 12.5 Å². The summed E-state index contributed by atoms with van der Waals surface area (Å²) in [7, 11) is -3.71. The Morgan fingerprint density at radius 2 is 1.85 bits per heavy atom. The lowest BCUT2D eigenvalue weighted by atomic mass is 10.1. The van der Waals surface area contributed by atoms with Gasteiger partial charge in [-0.25, -0.2) is 24.2 Å². The molecule has 7 nitrogen and oxygen atoms in total. The van der Waals surface area contributed by atoms with Crippen molar-refractivity contribution in [3.63, 3.8) is 0 Å². The van der Waals surface area contributed by atoms with E-state index in [-0.39, 0.29) is 10.8 Å². The first-order chi connectivity index (χ1) is 9.56. The van der Waals surface area contributed by atoms with E-state index in [0.29, 0.717) is 5.69 Å². The summed E-state index contributed by atoms with van der Waals surface area (Å²) in [5.74, 6) is 5.28. The number of hydrazine groups is 1. The molecule has 0 amide bonds. The predicted octanol–water partition coefficient (Wildman–Crippen LogP) is 1.13. The van der Waals surface area contributed by atoms with Gasteiger partial charge in [0.1, 0.15) is 4.90 Å². The van der Waals surface area contributed by atoms with Crippen molar-refractivity contribution in [1.82, 2.24) is 9.97 Å². The molecule has 0 bridgehead atoms. The topological polar surface area (TPSA) is 110 Å². The number of nitrogens with two attached hydrogens (primary N) is 1. The summed E-state index contributed by atoms with van der Waals surface area (Å²) in [6, 6.07) is 7.22. The van der Waals surface area contributed by atoms with Crippen LogP contribution >= 0.6 is 0 Å². The molecule has 20 heavy (non-hydrogen) atoms. The average molecular weight is 293 g/mol. The Morgan fingerprint density at radius 1 is 1.20 bits per heavy atom. The standard InChI is InChI=1S/C12H15N5O2S/c1-2-9-5-3-4-6-11(9)17-20(18,19)10-7-14-12(16-13)15-8-10/h3-8,17H,2,13H2,1H3,(H,14,15,16). The number of rotatable bonds is 5. The highest BCUT2D eigenvalue weighted by Crippen LogP contribution is 2.19. The smallest absolute Gasteiger partial charge is 0.264 e. The monoisotopic (exact) mass is 293 g/mol. The molecule has 106 valence electrons. The van der Waals surface area contributed by atoms with Crippen LogP contribution in [0.4, 0.5) is 11.6 Å². The lowest BCUT2D eigenvalue weighted by Crippen LogP contribution is -2.16. The number of sulfonamides is 1. The number of nitrogens with one attached hydrogen (secondary N) is 2. The maximum atomic E-state index is 12.2. The fraction of sp³-hybridized carbons (Fsp3) is 0.167. The van der Waals surface area contributed by atoms with Gasteiger partial charge in [0.15, 0.2) is 0 Å². The van der Waals surface area contributed by atoms with Crippen LogP contribution in [-0.2, 0) is 16.4 Å². The third-order valence-corrected chi connectivity index (χ3v) is 4.03. The van der Waals surface area contributed by atoms with Crippen molar-refractivity contribution < 1.29 is 8.42 Å². The van der Waals surface area contributed by atoms with Crippen LogP contribution in [0.5, 0.6) is 0 Å². The Bertz CT molecular complexity index is 685. The van der Waals surface area contributed by atoms with Crippen molar-refractivity contribution in [2.75, 3.05) is 10.1 Å². The Labute approximate surface area is 117 Å². The molecular formula is C12H15N5O2S. The van der Waals surface area contributed by atoms with E-state index in [0.717, 1.165) is 12.0 Å². The van der Waals surface area contributed by atoms with Gasteiger partial charge in [-0.2, -0.15) is 0 Å². The van der Waals surface area contributed by atoms with Gasteiger partial charge in [0.2, 0.25) is 5.95 Å². The number of hydrogen-bond acceptors (Lipinski definition) is 6. The fourth-order valence-corrected chi connectivity index (χ4v) is 2.65. The fourth-order valence-electron chi connectivity index (χ4n) is 1.66. The molecule has 8 heteroatoms. The highest BCUT2D eigenvalue weighted by molar-refractivity contribution is 7.92. The van der Waals surface area contributed by atoms with Gasteiger partial charge in [-0.1, -0.05) is 25.1 Å². The number of benzene rings is 1. The minimum absolute atomic E-state index is 0.0255. The number of aryl methyl sites for hydroxylation is 1. The number of nitrogen functional groups attached to an aromatic ring is 1. The number of para-hydroxylation sites is 1. The SMILES string of the molecule is CCc1ccccc1NS(=O)(=O)c1cnc(NN)nc1. The molecule has 0 aliphatic heterocycles. The zero-order chi connectivity index (χ0) is 14.6. The molecule has 0 radical (unpaired) electrons. The van der Waals surface area contributed by atoms with E-state index in [2.05, 4.69) is 20.1 Å². The first-order valence-corrected chi connectivity index (χ1v) is 7.44. The van der Waals surface area contributed by atoms with E-state index in [4.69, 9.17) is 5.84 Å². The lowest BCUT2D eigenvalue weighted by Gasteiger charge is -2.11. The molecular weight excluding hydrogens is 278 g/mol. The summed E-state index contributed by atoms with van der Waals surface area (Å²) >= 11 is 0. The summed E-state index contributed by atoms with van der Waals surface area (Å²) in [6.07, 6.45) is 3.11. The second-order valence-electron chi connectivity index (χ2n) is 4.00. The van der Waals surface area contributed by atoms with Gasteiger partial charge < -0.3 is 0 Å². The third kappa shape index (κ3) is 3.03. The summed E-state index contributed by atoms with van der Waals surface area (Å²) in [5.41, 5.74) is 3.70. The normalized spacial score (nSPS) is 11.1.